The van der Waals surface area contributed by atoms with Gasteiger partial charge >= 0.3 is 6.03 Å². The van der Waals surface area contributed by atoms with Gasteiger partial charge in [0.1, 0.15) is 11.5 Å². The summed E-state index contributed by atoms with van der Waals surface area (Å²) >= 11 is 5.93. The number of aromatic nitrogens is 1. The Labute approximate surface area is 194 Å². The Balaban J connectivity index is 1.57. The van der Waals surface area contributed by atoms with Gasteiger partial charge in [0.2, 0.25) is 0 Å². The van der Waals surface area contributed by atoms with E-state index in [1.807, 2.05) is 35.8 Å². The third-order valence-electron chi connectivity index (χ3n) is 5.82. The van der Waals surface area contributed by atoms with E-state index >= 15 is 0 Å². The highest BCUT2D eigenvalue weighted by Crippen LogP contribution is 2.31. The summed E-state index contributed by atoms with van der Waals surface area (Å²) in [7, 11) is 0. The van der Waals surface area contributed by atoms with Crippen LogP contribution in [-0.4, -0.2) is 16.5 Å². The lowest BCUT2D eigenvalue weighted by molar-refractivity contribution is -0.113. The van der Waals surface area contributed by atoms with Crippen molar-refractivity contribution < 1.29 is 14.0 Å². The van der Waals surface area contributed by atoms with Crippen LogP contribution in [0.5, 0.6) is 0 Å². The molecule has 1 aliphatic rings. The Morgan fingerprint density at radius 3 is 2.42 bits per heavy atom. The molecule has 7 heteroatoms. The van der Waals surface area contributed by atoms with E-state index < -0.39 is 11.9 Å². The standard InChI is InChI=1S/C26H19ClFN3O2/c1-16-21(14-23-25(32)31(26(33)29-23)19-12-10-18(27)11-13-19)20-7-3-5-9-24(20)30(16)15-17-6-2-4-8-22(17)28/h2-14H,15H2,1H3,(H,29,33). The molecule has 33 heavy (non-hydrogen) atoms. The van der Waals surface area contributed by atoms with Gasteiger partial charge in [-0.2, -0.15) is 0 Å². The summed E-state index contributed by atoms with van der Waals surface area (Å²) in [6.07, 6.45) is 1.69. The summed E-state index contributed by atoms with van der Waals surface area (Å²) in [6, 6.07) is 20.4. The van der Waals surface area contributed by atoms with Crippen LogP contribution in [0.2, 0.25) is 5.02 Å². The first-order chi connectivity index (χ1) is 15.9. The van der Waals surface area contributed by atoms with Crippen LogP contribution < -0.4 is 10.2 Å². The maximum Gasteiger partial charge on any atom is 0.333 e. The summed E-state index contributed by atoms with van der Waals surface area (Å²) in [5.74, 6) is -0.723. The van der Waals surface area contributed by atoms with E-state index in [-0.39, 0.29) is 11.5 Å². The van der Waals surface area contributed by atoms with Gasteiger partial charge in [-0.15, -0.1) is 0 Å². The number of carbonyl (C=O) groups is 2. The number of halogens is 2. The Bertz CT molecular complexity index is 1440. The molecule has 1 N–H and O–H groups in total. The van der Waals surface area contributed by atoms with Crippen molar-refractivity contribution in [1.82, 2.24) is 9.88 Å². The van der Waals surface area contributed by atoms with E-state index in [0.717, 1.165) is 27.1 Å². The van der Waals surface area contributed by atoms with Crippen LogP contribution in [0.4, 0.5) is 14.9 Å². The summed E-state index contributed by atoms with van der Waals surface area (Å²) in [5.41, 5.74) is 3.74. The summed E-state index contributed by atoms with van der Waals surface area (Å²) in [6.45, 7) is 2.27. The highest BCUT2D eigenvalue weighted by atomic mass is 35.5. The predicted molar refractivity (Wildman–Crippen MR) is 128 cm³/mol. The fourth-order valence-electron chi connectivity index (χ4n) is 4.14. The third-order valence-corrected chi connectivity index (χ3v) is 6.07. The molecule has 4 aromatic rings. The molecular weight excluding hydrogens is 441 g/mol. The molecule has 0 radical (unpaired) electrons. The van der Waals surface area contributed by atoms with Gasteiger partial charge in [-0.05, 0) is 49.4 Å². The van der Waals surface area contributed by atoms with Crippen molar-refractivity contribution in [3.05, 3.63) is 106 Å². The van der Waals surface area contributed by atoms with Crippen LogP contribution in [0.1, 0.15) is 16.8 Å². The Kier molecular flexibility index (Phi) is 5.23. The molecule has 5 rings (SSSR count). The number of anilines is 1. The number of benzene rings is 3. The highest BCUT2D eigenvalue weighted by Gasteiger charge is 2.35. The lowest BCUT2D eigenvalue weighted by Crippen LogP contribution is -2.30. The van der Waals surface area contributed by atoms with Crippen LogP contribution in [0, 0.1) is 12.7 Å². The molecule has 1 aromatic heterocycles. The molecule has 0 aliphatic carbocycles. The second-order valence-corrected chi connectivity index (χ2v) is 8.24. The average Bonchev–Trinajstić information content (AvgIpc) is 3.24. The summed E-state index contributed by atoms with van der Waals surface area (Å²) in [4.78, 5) is 26.7. The molecular formula is C26H19ClFN3O2. The fraction of sp³-hybridized carbons (Fsp3) is 0.0769. The molecule has 0 saturated carbocycles. The minimum atomic E-state index is -0.527. The van der Waals surface area contributed by atoms with E-state index in [9.17, 15) is 14.0 Å². The molecule has 164 valence electrons. The predicted octanol–water partition coefficient (Wildman–Crippen LogP) is 5.89. The molecule has 1 aliphatic heterocycles. The molecule has 5 nitrogen and oxygen atoms in total. The second-order valence-electron chi connectivity index (χ2n) is 7.80. The van der Waals surface area contributed by atoms with Gasteiger partial charge in [-0.1, -0.05) is 48.0 Å². The zero-order valence-electron chi connectivity index (χ0n) is 17.7. The SMILES string of the molecule is Cc1c(C=C2NC(=O)N(c3ccc(Cl)cc3)C2=O)c2ccccc2n1Cc1ccccc1F. The number of para-hydroxylation sites is 1. The molecule has 3 amide bonds. The zero-order valence-corrected chi connectivity index (χ0v) is 18.4. The van der Waals surface area contributed by atoms with Gasteiger partial charge in [0.05, 0.1) is 12.2 Å². The topological polar surface area (TPSA) is 54.3 Å². The van der Waals surface area contributed by atoms with Gasteiger partial charge in [-0.3, -0.25) is 4.79 Å². The van der Waals surface area contributed by atoms with Crippen molar-refractivity contribution >= 4 is 46.2 Å². The van der Waals surface area contributed by atoms with E-state index in [1.165, 1.54) is 6.07 Å². The number of hydrogen-bond donors (Lipinski definition) is 1. The van der Waals surface area contributed by atoms with Crippen molar-refractivity contribution in [2.24, 2.45) is 0 Å². The van der Waals surface area contributed by atoms with Crippen LogP contribution in [0.3, 0.4) is 0 Å². The number of imide groups is 1. The first kappa shape index (κ1) is 21.0. The number of hydrogen-bond acceptors (Lipinski definition) is 2. The zero-order chi connectivity index (χ0) is 23.1. The van der Waals surface area contributed by atoms with Gasteiger partial charge < -0.3 is 9.88 Å². The quantitative estimate of drug-likeness (QED) is 0.305. The van der Waals surface area contributed by atoms with Crippen LogP contribution in [-0.2, 0) is 11.3 Å². The molecule has 0 atom stereocenters. The number of fused-ring (bicyclic) bond motifs is 1. The van der Waals surface area contributed by atoms with Gasteiger partial charge in [0.25, 0.3) is 5.91 Å². The number of urea groups is 1. The molecule has 0 bridgehead atoms. The van der Waals surface area contributed by atoms with Crippen molar-refractivity contribution in [1.29, 1.82) is 0 Å². The minimum absolute atomic E-state index is 0.173. The minimum Gasteiger partial charge on any atom is -0.340 e. The van der Waals surface area contributed by atoms with E-state index in [2.05, 4.69) is 5.32 Å². The molecule has 0 spiro atoms. The van der Waals surface area contributed by atoms with Gasteiger partial charge in [0.15, 0.2) is 0 Å². The highest BCUT2D eigenvalue weighted by molar-refractivity contribution is 6.31. The molecule has 1 fully saturated rings. The van der Waals surface area contributed by atoms with Gasteiger partial charge in [0, 0.05) is 32.7 Å². The number of nitrogens with zero attached hydrogens (tertiary/aromatic N) is 2. The number of nitrogens with one attached hydrogen (secondary N) is 1. The average molecular weight is 460 g/mol. The maximum atomic E-state index is 14.3. The monoisotopic (exact) mass is 459 g/mol. The first-order valence-electron chi connectivity index (χ1n) is 10.4. The third kappa shape index (κ3) is 3.68. The van der Waals surface area contributed by atoms with E-state index in [1.54, 1.807) is 48.5 Å². The van der Waals surface area contributed by atoms with Gasteiger partial charge in [-0.25, -0.2) is 14.1 Å². The Hall–Kier alpha value is -3.90. The summed E-state index contributed by atoms with van der Waals surface area (Å²) in [5, 5.41) is 4.09. The Morgan fingerprint density at radius 2 is 1.67 bits per heavy atom. The van der Waals surface area contributed by atoms with Crippen molar-refractivity contribution in [2.45, 2.75) is 13.5 Å². The normalized spacial score (nSPS) is 15.0. The largest absolute Gasteiger partial charge is 0.340 e. The molecule has 0 unspecified atom stereocenters. The Morgan fingerprint density at radius 1 is 0.970 bits per heavy atom. The van der Waals surface area contributed by atoms with E-state index in [4.69, 9.17) is 11.6 Å². The van der Waals surface area contributed by atoms with Crippen molar-refractivity contribution in [2.75, 3.05) is 4.90 Å². The number of carbonyl (C=O) groups excluding carboxylic acids is 2. The molecule has 3 aromatic carbocycles. The molecule has 1 saturated heterocycles. The van der Waals surface area contributed by atoms with Crippen molar-refractivity contribution in [3.8, 4) is 0 Å². The van der Waals surface area contributed by atoms with E-state index in [0.29, 0.717) is 22.8 Å². The maximum absolute atomic E-state index is 14.3. The number of amides is 3. The lowest BCUT2D eigenvalue weighted by atomic mass is 10.1. The number of rotatable bonds is 4. The van der Waals surface area contributed by atoms with Crippen LogP contribution in [0.25, 0.3) is 17.0 Å². The first-order valence-corrected chi connectivity index (χ1v) is 10.8. The smallest absolute Gasteiger partial charge is 0.333 e. The fourth-order valence-corrected chi connectivity index (χ4v) is 4.27. The van der Waals surface area contributed by atoms with Crippen LogP contribution in [0.15, 0.2) is 78.5 Å². The lowest BCUT2D eigenvalue weighted by Gasteiger charge is -2.11. The summed E-state index contributed by atoms with van der Waals surface area (Å²) < 4.78 is 16.3. The van der Waals surface area contributed by atoms with Crippen molar-refractivity contribution in [3.63, 3.8) is 0 Å². The molecule has 2 heterocycles. The van der Waals surface area contributed by atoms with Crippen LogP contribution >= 0.6 is 11.6 Å². The second kappa shape index (κ2) is 8.22.